The molecule has 0 aliphatic rings. The van der Waals surface area contributed by atoms with Crippen LogP contribution < -0.4 is 5.32 Å². The van der Waals surface area contributed by atoms with Crippen molar-refractivity contribution in [2.75, 3.05) is 5.32 Å². The van der Waals surface area contributed by atoms with Crippen molar-refractivity contribution >= 4 is 11.7 Å². The SMILES string of the molecule is CCC.O=C(Nc1ccn(-c2c(F)cccc2F)n1)c1ccccc1C(F)(F)F. The van der Waals surface area contributed by atoms with Crippen LogP contribution in [0.3, 0.4) is 0 Å². The molecule has 2 aromatic carbocycles. The highest BCUT2D eigenvalue weighted by Gasteiger charge is 2.34. The predicted molar refractivity (Wildman–Crippen MR) is 98.8 cm³/mol. The molecule has 9 heteroatoms. The summed E-state index contributed by atoms with van der Waals surface area (Å²) in [6.45, 7) is 4.25. The molecule has 3 aromatic rings. The van der Waals surface area contributed by atoms with Gasteiger partial charge in [0.25, 0.3) is 5.91 Å². The summed E-state index contributed by atoms with van der Waals surface area (Å²) in [5.41, 5.74) is -2.16. The smallest absolute Gasteiger partial charge is 0.305 e. The lowest BCUT2D eigenvalue weighted by Crippen LogP contribution is -2.19. The van der Waals surface area contributed by atoms with Crippen LogP contribution in [0.25, 0.3) is 5.69 Å². The summed E-state index contributed by atoms with van der Waals surface area (Å²) in [5, 5.41) is 5.97. The minimum absolute atomic E-state index is 0.158. The van der Waals surface area contributed by atoms with Crippen LogP contribution in [0, 0.1) is 11.6 Å². The van der Waals surface area contributed by atoms with E-state index in [1.54, 1.807) is 0 Å². The van der Waals surface area contributed by atoms with Gasteiger partial charge in [-0.15, -0.1) is 5.10 Å². The maximum atomic E-state index is 13.7. The molecule has 1 amide bonds. The molecule has 0 saturated carbocycles. The molecule has 0 aliphatic carbocycles. The van der Waals surface area contributed by atoms with Gasteiger partial charge in [-0.1, -0.05) is 38.5 Å². The highest BCUT2D eigenvalue weighted by molar-refractivity contribution is 6.04. The lowest BCUT2D eigenvalue weighted by atomic mass is 10.1. The highest BCUT2D eigenvalue weighted by atomic mass is 19.4. The number of para-hydroxylation sites is 1. The number of benzene rings is 2. The summed E-state index contributed by atoms with van der Waals surface area (Å²) in [7, 11) is 0. The summed E-state index contributed by atoms with van der Waals surface area (Å²) < 4.78 is 67.3. The Labute approximate surface area is 164 Å². The normalized spacial score (nSPS) is 10.9. The Balaban J connectivity index is 0.000000941. The summed E-state index contributed by atoms with van der Waals surface area (Å²) >= 11 is 0. The van der Waals surface area contributed by atoms with Gasteiger partial charge in [0.2, 0.25) is 0 Å². The first-order valence-corrected chi connectivity index (χ1v) is 8.66. The van der Waals surface area contributed by atoms with Gasteiger partial charge in [-0.05, 0) is 24.3 Å². The average Bonchev–Trinajstić information content (AvgIpc) is 3.09. The number of alkyl halides is 3. The van der Waals surface area contributed by atoms with Crippen molar-refractivity contribution in [2.45, 2.75) is 26.4 Å². The molecular formula is C20H18F5N3O. The lowest BCUT2D eigenvalue weighted by Gasteiger charge is -2.11. The molecule has 29 heavy (non-hydrogen) atoms. The summed E-state index contributed by atoms with van der Waals surface area (Å²) in [6, 6.07) is 8.69. The van der Waals surface area contributed by atoms with Gasteiger partial charge in [-0.25, -0.2) is 13.5 Å². The largest absolute Gasteiger partial charge is 0.417 e. The van der Waals surface area contributed by atoms with Crippen molar-refractivity contribution in [1.82, 2.24) is 9.78 Å². The summed E-state index contributed by atoms with van der Waals surface area (Å²) in [6.07, 6.45) is -2.28. The summed E-state index contributed by atoms with van der Waals surface area (Å²) in [5.74, 6) is -2.96. The number of rotatable bonds is 3. The van der Waals surface area contributed by atoms with Crippen molar-refractivity contribution in [1.29, 1.82) is 0 Å². The van der Waals surface area contributed by atoms with E-state index >= 15 is 0 Å². The van der Waals surface area contributed by atoms with Gasteiger partial charge in [0, 0.05) is 12.3 Å². The van der Waals surface area contributed by atoms with Crippen LogP contribution >= 0.6 is 0 Å². The number of halogens is 5. The molecule has 0 atom stereocenters. The topological polar surface area (TPSA) is 46.9 Å². The number of hydrogen-bond acceptors (Lipinski definition) is 2. The van der Waals surface area contributed by atoms with E-state index in [9.17, 15) is 26.7 Å². The van der Waals surface area contributed by atoms with Crippen LogP contribution in [0.2, 0.25) is 0 Å². The standard InChI is InChI=1S/C17H10F5N3O.C3H8/c18-12-6-3-7-13(19)15(12)25-9-8-14(24-25)23-16(26)10-4-1-2-5-11(10)17(20,21)22;1-3-2/h1-9H,(H,23,24,26);3H2,1-2H3. The maximum absolute atomic E-state index is 13.7. The fourth-order valence-electron chi connectivity index (χ4n) is 2.33. The number of hydrogen-bond donors (Lipinski definition) is 1. The van der Waals surface area contributed by atoms with Gasteiger partial charge in [0.1, 0.15) is 5.69 Å². The van der Waals surface area contributed by atoms with Crippen molar-refractivity contribution < 1.29 is 26.7 Å². The predicted octanol–water partition coefficient (Wildman–Crippen LogP) is 5.84. The molecule has 3 rings (SSSR count). The zero-order valence-corrected chi connectivity index (χ0v) is 15.6. The van der Waals surface area contributed by atoms with E-state index in [2.05, 4.69) is 24.3 Å². The molecule has 1 N–H and O–H groups in total. The van der Waals surface area contributed by atoms with Gasteiger partial charge < -0.3 is 5.32 Å². The van der Waals surface area contributed by atoms with Crippen molar-refractivity contribution in [3.05, 3.63) is 77.5 Å². The first kappa shape index (κ1) is 22.1. The van der Waals surface area contributed by atoms with Crippen molar-refractivity contribution in [3.63, 3.8) is 0 Å². The van der Waals surface area contributed by atoms with E-state index in [1.807, 2.05) is 0 Å². The van der Waals surface area contributed by atoms with Crippen molar-refractivity contribution in [2.24, 2.45) is 0 Å². The van der Waals surface area contributed by atoms with Crippen LogP contribution in [0.5, 0.6) is 0 Å². The van der Waals surface area contributed by atoms with Gasteiger partial charge in [-0.2, -0.15) is 13.2 Å². The number of carbonyl (C=O) groups is 1. The Morgan fingerprint density at radius 3 is 2.17 bits per heavy atom. The first-order chi connectivity index (χ1) is 13.7. The van der Waals surface area contributed by atoms with Crippen LogP contribution in [-0.2, 0) is 6.18 Å². The zero-order valence-electron chi connectivity index (χ0n) is 15.6. The summed E-state index contributed by atoms with van der Waals surface area (Å²) in [4.78, 5) is 12.2. The molecule has 1 aromatic heterocycles. The third kappa shape index (κ3) is 5.40. The molecule has 0 spiro atoms. The van der Waals surface area contributed by atoms with Crippen molar-refractivity contribution in [3.8, 4) is 5.69 Å². The molecule has 0 bridgehead atoms. The molecule has 4 nitrogen and oxygen atoms in total. The minimum atomic E-state index is -4.70. The molecule has 0 aliphatic heterocycles. The van der Waals surface area contributed by atoms with E-state index < -0.39 is 40.5 Å². The second-order valence-corrected chi connectivity index (χ2v) is 5.92. The Kier molecular flexibility index (Phi) is 7.08. The Morgan fingerprint density at radius 1 is 1.00 bits per heavy atom. The van der Waals surface area contributed by atoms with Gasteiger partial charge in [-0.3, -0.25) is 4.79 Å². The van der Waals surface area contributed by atoms with E-state index in [-0.39, 0.29) is 5.82 Å². The Morgan fingerprint density at radius 2 is 1.59 bits per heavy atom. The molecule has 0 saturated heterocycles. The number of carbonyl (C=O) groups excluding carboxylic acids is 1. The van der Waals surface area contributed by atoms with Crippen LogP contribution in [0.15, 0.2) is 54.7 Å². The molecule has 154 valence electrons. The van der Waals surface area contributed by atoms with Gasteiger partial charge >= 0.3 is 6.18 Å². The highest BCUT2D eigenvalue weighted by Crippen LogP contribution is 2.32. The average molecular weight is 411 g/mol. The minimum Gasteiger partial charge on any atom is -0.305 e. The van der Waals surface area contributed by atoms with Crippen LogP contribution in [0.4, 0.5) is 27.8 Å². The Hall–Kier alpha value is -3.23. The fraction of sp³-hybridized carbons (Fsp3) is 0.200. The molecule has 0 unspecified atom stereocenters. The molecule has 0 radical (unpaired) electrons. The second-order valence-electron chi connectivity index (χ2n) is 5.92. The van der Waals surface area contributed by atoms with Crippen LogP contribution in [0.1, 0.15) is 36.2 Å². The maximum Gasteiger partial charge on any atom is 0.417 e. The monoisotopic (exact) mass is 411 g/mol. The number of nitrogens with one attached hydrogen (secondary N) is 1. The third-order valence-corrected chi connectivity index (χ3v) is 3.47. The number of amides is 1. The fourth-order valence-corrected chi connectivity index (χ4v) is 2.33. The van der Waals surface area contributed by atoms with Crippen LogP contribution in [-0.4, -0.2) is 15.7 Å². The van der Waals surface area contributed by atoms with E-state index in [0.29, 0.717) is 0 Å². The number of anilines is 1. The molecular weight excluding hydrogens is 393 g/mol. The molecule has 1 heterocycles. The van der Waals surface area contributed by atoms with E-state index in [4.69, 9.17) is 0 Å². The molecule has 0 fully saturated rings. The first-order valence-electron chi connectivity index (χ1n) is 8.66. The number of nitrogens with zero attached hydrogens (tertiary/aromatic N) is 2. The van der Waals surface area contributed by atoms with Gasteiger partial charge in [0.15, 0.2) is 17.5 Å². The van der Waals surface area contributed by atoms with Gasteiger partial charge in [0.05, 0.1) is 11.1 Å². The zero-order chi connectivity index (χ0) is 21.6. The quantitative estimate of drug-likeness (QED) is 0.551. The third-order valence-electron chi connectivity index (χ3n) is 3.47. The van der Waals surface area contributed by atoms with E-state index in [1.165, 1.54) is 30.8 Å². The second kappa shape index (κ2) is 9.31. The lowest BCUT2D eigenvalue weighted by molar-refractivity contribution is -0.137. The number of aromatic nitrogens is 2. The Bertz CT molecular complexity index is 962. The van der Waals surface area contributed by atoms with E-state index in [0.717, 1.165) is 35.0 Å².